The van der Waals surface area contributed by atoms with E-state index in [1.165, 1.54) is 25.1 Å². The Labute approximate surface area is 209 Å². The minimum atomic E-state index is -1.24. The predicted octanol–water partition coefficient (Wildman–Crippen LogP) is 3.89. The number of amides is 2. The molecule has 2 aromatic carbocycles. The zero-order valence-electron chi connectivity index (χ0n) is 19.7. The first-order valence-electron chi connectivity index (χ1n) is 11.0. The van der Waals surface area contributed by atoms with Crippen LogP contribution in [0, 0.1) is 5.82 Å². The summed E-state index contributed by atoms with van der Waals surface area (Å²) in [6.07, 6.45) is 5.73. The first kappa shape index (κ1) is 25.1. The Kier molecular flexibility index (Phi) is 6.83. The number of carbonyl (C=O) groups is 3. The summed E-state index contributed by atoms with van der Waals surface area (Å²) < 4.78 is 15.9. The molecule has 7 nitrogen and oxygen atoms in total. The van der Waals surface area contributed by atoms with E-state index >= 15 is 0 Å². The molecule has 4 rings (SSSR count). The number of hydrogen-bond donors (Lipinski definition) is 2. The van der Waals surface area contributed by atoms with Crippen LogP contribution in [0.1, 0.15) is 22.8 Å². The minimum Gasteiger partial charge on any atom is -0.508 e. The van der Waals surface area contributed by atoms with Crippen LogP contribution in [-0.4, -0.2) is 62.4 Å². The molecule has 0 bridgehead atoms. The van der Waals surface area contributed by atoms with Gasteiger partial charge in [-0.1, -0.05) is 23.7 Å². The molecule has 1 saturated heterocycles. The third-order valence-corrected chi connectivity index (χ3v) is 8.62. The first-order chi connectivity index (χ1) is 16.5. The summed E-state index contributed by atoms with van der Waals surface area (Å²) in [5.74, 6) is -0.333. The van der Waals surface area contributed by atoms with Gasteiger partial charge in [-0.25, -0.2) is 14.4 Å². The molecular weight excluding hydrogens is 493 g/mol. The second kappa shape index (κ2) is 9.54. The van der Waals surface area contributed by atoms with Gasteiger partial charge in [-0.3, -0.25) is 14.4 Å². The van der Waals surface area contributed by atoms with Crippen molar-refractivity contribution in [1.82, 2.24) is 14.8 Å². The zero-order chi connectivity index (χ0) is 25.5. The summed E-state index contributed by atoms with van der Waals surface area (Å²) in [5, 5.41) is 13.3. The molecule has 1 aliphatic rings. The summed E-state index contributed by atoms with van der Waals surface area (Å²) in [6.45, 7) is 1.32. The fourth-order valence-corrected chi connectivity index (χ4v) is 6.98. The number of nitrogens with zero attached hydrogens (tertiary/aromatic N) is 2. The van der Waals surface area contributed by atoms with E-state index in [4.69, 9.17) is 11.6 Å². The molecule has 2 N–H and O–H groups in total. The number of fused-ring (bicyclic) bond motifs is 1. The van der Waals surface area contributed by atoms with Gasteiger partial charge in [0.2, 0.25) is 11.8 Å². The van der Waals surface area contributed by atoms with Crippen LogP contribution in [0.4, 0.5) is 4.39 Å². The van der Waals surface area contributed by atoms with Crippen LogP contribution in [0.5, 0.6) is 5.75 Å². The fraction of sp³-hybridized carbons (Fsp3) is 0.320. The fourth-order valence-electron chi connectivity index (χ4n) is 4.41. The molecule has 0 aliphatic carbocycles. The minimum absolute atomic E-state index is 0.0186. The normalized spacial score (nSPS) is 18.0. The van der Waals surface area contributed by atoms with Gasteiger partial charge in [0.05, 0.1) is 16.4 Å². The zero-order valence-corrected chi connectivity index (χ0v) is 21.3. The van der Waals surface area contributed by atoms with Crippen molar-refractivity contribution in [1.29, 1.82) is 0 Å². The lowest BCUT2D eigenvalue weighted by Crippen LogP contribution is -2.48. The molecular formula is C25H27ClFN3O4S. The highest BCUT2D eigenvalue weighted by Gasteiger charge is 2.41. The largest absolute Gasteiger partial charge is 0.508 e. The number of aromatic nitrogens is 1. The van der Waals surface area contributed by atoms with E-state index in [9.17, 15) is 23.9 Å². The highest BCUT2D eigenvalue weighted by molar-refractivity contribution is 8.32. The van der Waals surface area contributed by atoms with Crippen LogP contribution < -0.4 is 5.32 Å². The van der Waals surface area contributed by atoms with Crippen molar-refractivity contribution in [2.45, 2.75) is 26.1 Å². The van der Waals surface area contributed by atoms with E-state index in [0.717, 1.165) is 0 Å². The van der Waals surface area contributed by atoms with Crippen LogP contribution in [0.2, 0.25) is 5.02 Å². The highest BCUT2D eigenvalue weighted by Crippen LogP contribution is 2.47. The maximum atomic E-state index is 14.2. The Hall–Kier alpha value is -3.04. The van der Waals surface area contributed by atoms with Crippen LogP contribution in [0.3, 0.4) is 0 Å². The molecule has 186 valence electrons. The van der Waals surface area contributed by atoms with Gasteiger partial charge in [0, 0.05) is 41.1 Å². The number of phenols is 1. The average molecular weight is 520 g/mol. The summed E-state index contributed by atoms with van der Waals surface area (Å²) in [5.41, 5.74) is 1.29. The number of phenolic OH excluding ortho intramolecular Hbond substituents is 1. The van der Waals surface area contributed by atoms with Gasteiger partial charge in [0.1, 0.15) is 24.2 Å². The third-order valence-electron chi connectivity index (χ3n) is 6.13. The second-order valence-corrected chi connectivity index (χ2v) is 13.8. The van der Waals surface area contributed by atoms with Crippen LogP contribution in [0.25, 0.3) is 10.9 Å². The van der Waals surface area contributed by atoms with Gasteiger partial charge in [0.15, 0.2) is 5.78 Å². The number of hydrogen-bond acceptors (Lipinski definition) is 4. The molecule has 0 spiro atoms. The van der Waals surface area contributed by atoms with Crippen molar-refractivity contribution >= 4 is 50.1 Å². The van der Waals surface area contributed by atoms with Crippen molar-refractivity contribution in [2.75, 3.05) is 24.1 Å². The van der Waals surface area contributed by atoms with E-state index < -0.39 is 21.9 Å². The highest BCUT2D eigenvalue weighted by atomic mass is 35.5. The van der Waals surface area contributed by atoms with E-state index in [2.05, 4.69) is 17.8 Å². The summed E-state index contributed by atoms with van der Waals surface area (Å²) in [6, 6.07) is 8.57. The first-order valence-corrected chi connectivity index (χ1v) is 14.1. The maximum absolute atomic E-state index is 14.2. The van der Waals surface area contributed by atoms with Crippen molar-refractivity contribution in [2.24, 2.45) is 0 Å². The van der Waals surface area contributed by atoms with Gasteiger partial charge >= 0.3 is 0 Å². The monoisotopic (exact) mass is 519 g/mol. The van der Waals surface area contributed by atoms with Gasteiger partial charge in [-0.05, 0) is 37.6 Å². The summed E-state index contributed by atoms with van der Waals surface area (Å²) in [7, 11) is -1.24. The molecule has 3 aromatic rings. The number of ketones is 1. The Bertz CT molecular complexity index is 1340. The number of aromatic hydroxyl groups is 1. The molecule has 35 heavy (non-hydrogen) atoms. The van der Waals surface area contributed by atoms with Gasteiger partial charge in [0.25, 0.3) is 0 Å². The lowest BCUT2D eigenvalue weighted by molar-refractivity contribution is -0.138. The molecule has 1 atom stereocenters. The van der Waals surface area contributed by atoms with Crippen molar-refractivity contribution in [3.63, 3.8) is 0 Å². The van der Waals surface area contributed by atoms with Crippen molar-refractivity contribution < 1.29 is 23.9 Å². The van der Waals surface area contributed by atoms with E-state index in [1.54, 1.807) is 33.9 Å². The lowest BCUT2D eigenvalue weighted by atomic mass is 10.1. The third kappa shape index (κ3) is 5.16. The summed E-state index contributed by atoms with van der Waals surface area (Å²) in [4.78, 5) is 40.2. The molecule has 2 heterocycles. The van der Waals surface area contributed by atoms with E-state index in [0.29, 0.717) is 28.1 Å². The van der Waals surface area contributed by atoms with E-state index in [-0.39, 0.29) is 47.0 Å². The molecule has 0 radical (unpaired) electrons. The second-order valence-electron chi connectivity index (χ2n) is 9.30. The number of nitrogens with one attached hydrogen (secondary N) is 1. The molecule has 1 aromatic heterocycles. The standard InChI is InChI=1S/C25H27ClFN3O4S/c1-15(31)19-11-29(21-9-17(32)7-8-18(19)21)12-23(33)30-14-35(2,3)13-22(30)25(34)28-10-16-5-4-6-20(26)24(16)27/h4-9,11,22,32H,10,12-14H2,1-3H3,(H,28,34)/t22-/m0/s1. The van der Waals surface area contributed by atoms with Gasteiger partial charge in [-0.2, -0.15) is 0 Å². The molecule has 1 fully saturated rings. The molecule has 10 heteroatoms. The lowest BCUT2D eigenvalue weighted by Gasteiger charge is -2.25. The summed E-state index contributed by atoms with van der Waals surface area (Å²) >= 11 is 5.83. The van der Waals surface area contributed by atoms with Crippen molar-refractivity contribution in [3.8, 4) is 5.75 Å². The number of carbonyl (C=O) groups excluding carboxylic acids is 3. The Morgan fingerprint density at radius 2 is 1.97 bits per heavy atom. The maximum Gasteiger partial charge on any atom is 0.243 e. The molecule has 0 saturated carbocycles. The number of Topliss-reactive ketones (excluding diaryl/α,β-unsaturated/α-hetero) is 1. The number of benzene rings is 2. The van der Waals surface area contributed by atoms with Crippen LogP contribution in [0.15, 0.2) is 42.6 Å². The molecule has 1 aliphatic heterocycles. The Balaban J connectivity index is 1.55. The van der Waals surface area contributed by atoms with Crippen molar-refractivity contribution in [3.05, 3.63) is 64.6 Å². The Morgan fingerprint density at radius 3 is 2.69 bits per heavy atom. The van der Waals surface area contributed by atoms with Crippen LogP contribution >= 0.6 is 21.6 Å². The van der Waals surface area contributed by atoms with E-state index in [1.807, 2.05) is 0 Å². The predicted molar refractivity (Wildman–Crippen MR) is 137 cm³/mol. The topological polar surface area (TPSA) is 91.6 Å². The Morgan fingerprint density at radius 1 is 1.23 bits per heavy atom. The molecule has 0 unspecified atom stereocenters. The SMILES string of the molecule is CC(=O)c1cn(CC(=O)N2CS(C)(C)C[C@H]2C(=O)NCc2cccc(Cl)c2F)c2cc(O)ccc12. The van der Waals surface area contributed by atoms with Gasteiger partial charge < -0.3 is 19.9 Å². The average Bonchev–Trinajstić information content (AvgIpc) is 3.31. The van der Waals surface area contributed by atoms with Crippen LogP contribution in [-0.2, 0) is 22.7 Å². The quantitative estimate of drug-likeness (QED) is 0.483. The smallest absolute Gasteiger partial charge is 0.243 e. The molecule has 2 amide bonds. The number of halogens is 2. The number of rotatable bonds is 6. The van der Waals surface area contributed by atoms with Gasteiger partial charge in [-0.15, -0.1) is 0 Å².